The summed E-state index contributed by atoms with van der Waals surface area (Å²) in [5.41, 5.74) is 1.83. The zero-order valence-electron chi connectivity index (χ0n) is 15.8. The van der Waals surface area contributed by atoms with Crippen LogP contribution >= 0.6 is 11.8 Å². The van der Waals surface area contributed by atoms with Crippen molar-refractivity contribution in [2.45, 2.75) is 17.3 Å². The van der Waals surface area contributed by atoms with E-state index in [9.17, 15) is 4.79 Å². The SMILES string of the molecule is COc1cccc(-c2nnc(SC(C)C(=O)N(C)C)n2-c2ccccc2)c1. The maximum absolute atomic E-state index is 12.3. The molecular formula is C20H22N4O2S. The second-order valence-corrected chi connectivity index (χ2v) is 7.51. The van der Waals surface area contributed by atoms with Crippen LogP contribution in [0.15, 0.2) is 59.8 Å². The monoisotopic (exact) mass is 382 g/mol. The topological polar surface area (TPSA) is 60.3 Å². The zero-order valence-corrected chi connectivity index (χ0v) is 16.6. The number of para-hydroxylation sites is 1. The van der Waals surface area contributed by atoms with E-state index < -0.39 is 0 Å². The van der Waals surface area contributed by atoms with Crippen LogP contribution in [0.25, 0.3) is 17.1 Å². The van der Waals surface area contributed by atoms with Gasteiger partial charge in [-0.2, -0.15) is 0 Å². The minimum absolute atomic E-state index is 0.0329. The maximum Gasteiger partial charge on any atom is 0.235 e. The first-order chi connectivity index (χ1) is 13.0. The van der Waals surface area contributed by atoms with Crippen LogP contribution in [0, 0.1) is 0 Å². The molecule has 1 aromatic heterocycles. The van der Waals surface area contributed by atoms with Crippen molar-refractivity contribution in [3.63, 3.8) is 0 Å². The summed E-state index contributed by atoms with van der Waals surface area (Å²) in [4.78, 5) is 13.9. The second-order valence-electron chi connectivity index (χ2n) is 6.20. The Morgan fingerprint density at radius 3 is 2.52 bits per heavy atom. The van der Waals surface area contributed by atoms with Gasteiger partial charge < -0.3 is 9.64 Å². The molecule has 0 fully saturated rings. The van der Waals surface area contributed by atoms with Crippen LogP contribution in [0.4, 0.5) is 0 Å². The minimum Gasteiger partial charge on any atom is -0.497 e. The summed E-state index contributed by atoms with van der Waals surface area (Å²) in [5.74, 6) is 1.48. The second kappa shape index (κ2) is 8.26. The molecular weight excluding hydrogens is 360 g/mol. The van der Waals surface area contributed by atoms with E-state index in [4.69, 9.17) is 4.74 Å². The molecule has 27 heavy (non-hydrogen) atoms. The van der Waals surface area contributed by atoms with Crippen LogP contribution in [-0.2, 0) is 4.79 Å². The molecule has 2 aromatic carbocycles. The standard InChI is InChI=1S/C20H22N4O2S/c1-14(19(25)23(2)3)27-20-22-21-18(15-9-8-12-17(13-15)26-4)24(20)16-10-6-5-7-11-16/h5-14H,1-4H3. The predicted molar refractivity (Wildman–Crippen MR) is 107 cm³/mol. The summed E-state index contributed by atoms with van der Waals surface area (Å²) < 4.78 is 7.31. The van der Waals surface area contributed by atoms with Gasteiger partial charge in [-0.05, 0) is 31.2 Å². The van der Waals surface area contributed by atoms with Crippen molar-refractivity contribution in [2.24, 2.45) is 0 Å². The van der Waals surface area contributed by atoms with Gasteiger partial charge in [-0.3, -0.25) is 9.36 Å². The third-order valence-corrected chi connectivity index (χ3v) is 5.08. The van der Waals surface area contributed by atoms with Crippen molar-refractivity contribution in [3.05, 3.63) is 54.6 Å². The van der Waals surface area contributed by atoms with E-state index in [1.54, 1.807) is 26.1 Å². The fraction of sp³-hybridized carbons (Fsp3) is 0.250. The number of carbonyl (C=O) groups is 1. The van der Waals surface area contributed by atoms with Crippen LogP contribution in [0.2, 0.25) is 0 Å². The van der Waals surface area contributed by atoms with Gasteiger partial charge in [-0.1, -0.05) is 42.1 Å². The quantitative estimate of drug-likeness (QED) is 0.611. The Morgan fingerprint density at radius 1 is 1.11 bits per heavy atom. The summed E-state index contributed by atoms with van der Waals surface area (Å²) in [5, 5.41) is 9.17. The van der Waals surface area contributed by atoms with Gasteiger partial charge in [-0.15, -0.1) is 10.2 Å². The highest BCUT2D eigenvalue weighted by atomic mass is 32.2. The van der Waals surface area contributed by atoms with Gasteiger partial charge >= 0.3 is 0 Å². The smallest absolute Gasteiger partial charge is 0.235 e. The van der Waals surface area contributed by atoms with Crippen molar-refractivity contribution in [3.8, 4) is 22.8 Å². The third kappa shape index (κ3) is 4.14. The molecule has 1 unspecified atom stereocenters. The van der Waals surface area contributed by atoms with Crippen molar-refractivity contribution in [1.29, 1.82) is 0 Å². The molecule has 1 amide bonds. The highest BCUT2D eigenvalue weighted by Crippen LogP contribution is 2.31. The first kappa shape index (κ1) is 19.0. The Bertz CT molecular complexity index is 925. The van der Waals surface area contributed by atoms with Crippen molar-refractivity contribution < 1.29 is 9.53 Å². The van der Waals surface area contributed by atoms with Crippen LogP contribution < -0.4 is 4.74 Å². The molecule has 0 radical (unpaired) electrons. The average Bonchev–Trinajstić information content (AvgIpc) is 3.11. The van der Waals surface area contributed by atoms with Crippen LogP contribution in [0.1, 0.15) is 6.92 Å². The fourth-order valence-corrected chi connectivity index (χ4v) is 3.69. The number of nitrogens with zero attached hydrogens (tertiary/aromatic N) is 4. The molecule has 6 nitrogen and oxygen atoms in total. The number of carbonyl (C=O) groups excluding carboxylic acids is 1. The Kier molecular flexibility index (Phi) is 5.81. The normalized spacial score (nSPS) is 11.9. The van der Waals surface area contributed by atoms with Crippen LogP contribution in [0.5, 0.6) is 5.75 Å². The molecule has 0 aliphatic rings. The lowest BCUT2D eigenvalue weighted by Crippen LogP contribution is -2.29. The molecule has 3 aromatic rings. The molecule has 1 atom stereocenters. The molecule has 1 heterocycles. The van der Waals surface area contributed by atoms with Gasteiger partial charge in [0.1, 0.15) is 5.75 Å². The molecule has 0 aliphatic carbocycles. The zero-order chi connectivity index (χ0) is 19.4. The van der Waals surface area contributed by atoms with Gasteiger partial charge in [0.2, 0.25) is 5.91 Å². The van der Waals surface area contributed by atoms with E-state index in [1.807, 2.05) is 66.1 Å². The van der Waals surface area contributed by atoms with E-state index >= 15 is 0 Å². The summed E-state index contributed by atoms with van der Waals surface area (Å²) in [6.45, 7) is 1.88. The number of rotatable bonds is 6. The molecule has 140 valence electrons. The van der Waals surface area contributed by atoms with E-state index in [-0.39, 0.29) is 11.2 Å². The molecule has 0 saturated heterocycles. The van der Waals surface area contributed by atoms with Crippen LogP contribution in [0.3, 0.4) is 0 Å². The molecule has 7 heteroatoms. The van der Waals surface area contributed by atoms with E-state index in [0.717, 1.165) is 17.0 Å². The fourth-order valence-electron chi connectivity index (χ4n) is 2.68. The van der Waals surface area contributed by atoms with Gasteiger partial charge in [0, 0.05) is 25.3 Å². The number of thioether (sulfide) groups is 1. The number of hydrogen-bond acceptors (Lipinski definition) is 5. The van der Waals surface area contributed by atoms with Gasteiger partial charge in [0.05, 0.1) is 12.4 Å². The van der Waals surface area contributed by atoms with Gasteiger partial charge in [0.25, 0.3) is 0 Å². The van der Waals surface area contributed by atoms with Crippen molar-refractivity contribution >= 4 is 17.7 Å². The number of amides is 1. The lowest BCUT2D eigenvalue weighted by atomic mass is 10.2. The highest BCUT2D eigenvalue weighted by Gasteiger charge is 2.22. The average molecular weight is 382 g/mol. The first-order valence-electron chi connectivity index (χ1n) is 8.54. The number of benzene rings is 2. The molecule has 0 saturated carbocycles. The number of ether oxygens (including phenoxy) is 1. The number of methoxy groups -OCH3 is 1. The molecule has 0 N–H and O–H groups in total. The maximum atomic E-state index is 12.3. The largest absolute Gasteiger partial charge is 0.497 e. The molecule has 0 spiro atoms. The predicted octanol–water partition coefficient (Wildman–Crippen LogP) is 3.51. The summed E-state index contributed by atoms with van der Waals surface area (Å²) in [6, 6.07) is 17.6. The molecule has 0 aliphatic heterocycles. The van der Waals surface area contributed by atoms with Crippen molar-refractivity contribution in [2.75, 3.05) is 21.2 Å². The first-order valence-corrected chi connectivity index (χ1v) is 9.42. The lowest BCUT2D eigenvalue weighted by molar-refractivity contribution is -0.127. The lowest BCUT2D eigenvalue weighted by Gasteiger charge is -2.17. The summed E-state index contributed by atoms with van der Waals surface area (Å²) in [7, 11) is 5.14. The Balaban J connectivity index is 2.07. The highest BCUT2D eigenvalue weighted by molar-refractivity contribution is 8.00. The summed E-state index contributed by atoms with van der Waals surface area (Å²) >= 11 is 1.39. The third-order valence-electron chi connectivity index (χ3n) is 4.05. The van der Waals surface area contributed by atoms with Gasteiger partial charge in [-0.25, -0.2) is 0 Å². The van der Waals surface area contributed by atoms with E-state index in [1.165, 1.54) is 11.8 Å². The Morgan fingerprint density at radius 2 is 1.85 bits per heavy atom. The number of hydrogen-bond donors (Lipinski definition) is 0. The number of aromatic nitrogens is 3. The molecule has 3 rings (SSSR count). The van der Waals surface area contributed by atoms with Crippen LogP contribution in [-0.4, -0.2) is 52.0 Å². The Labute approximate surface area is 163 Å². The summed E-state index contributed by atoms with van der Waals surface area (Å²) in [6.07, 6.45) is 0. The van der Waals surface area contributed by atoms with E-state index in [0.29, 0.717) is 11.0 Å². The van der Waals surface area contributed by atoms with Crippen molar-refractivity contribution in [1.82, 2.24) is 19.7 Å². The minimum atomic E-state index is -0.273. The Hall–Kier alpha value is -2.80. The molecule has 0 bridgehead atoms. The van der Waals surface area contributed by atoms with E-state index in [2.05, 4.69) is 10.2 Å². The van der Waals surface area contributed by atoms with Gasteiger partial charge in [0.15, 0.2) is 11.0 Å².